The van der Waals surface area contributed by atoms with Gasteiger partial charge in [0.1, 0.15) is 0 Å². The Morgan fingerprint density at radius 1 is 0.905 bits per heavy atom. The average molecular weight is 282 g/mol. The van der Waals surface area contributed by atoms with Crippen molar-refractivity contribution in [1.29, 1.82) is 0 Å². The van der Waals surface area contributed by atoms with Crippen molar-refractivity contribution in [2.45, 2.75) is 27.3 Å². The molecule has 2 aromatic rings. The molecule has 0 aliphatic heterocycles. The van der Waals surface area contributed by atoms with Gasteiger partial charge < -0.3 is 10.6 Å². The van der Waals surface area contributed by atoms with Crippen molar-refractivity contribution in [3.8, 4) is 0 Å². The number of rotatable bonds is 5. The van der Waals surface area contributed by atoms with Gasteiger partial charge in [-0.3, -0.25) is 4.79 Å². The van der Waals surface area contributed by atoms with Crippen molar-refractivity contribution >= 4 is 11.6 Å². The van der Waals surface area contributed by atoms with E-state index in [0.29, 0.717) is 6.54 Å². The lowest BCUT2D eigenvalue weighted by Crippen LogP contribution is -2.29. The van der Waals surface area contributed by atoms with E-state index < -0.39 is 0 Å². The molecular weight excluding hydrogens is 260 g/mol. The number of hydrogen-bond acceptors (Lipinski definition) is 2. The topological polar surface area (TPSA) is 41.1 Å². The number of hydrogen-bond donors (Lipinski definition) is 2. The molecule has 1 amide bonds. The average Bonchev–Trinajstić information content (AvgIpc) is 2.46. The number of aryl methyl sites for hydroxylation is 3. The third-order valence-electron chi connectivity index (χ3n) is 3.64. The second-order valence-corrected chi connectivity index (χ2v) is 5.32. The van der Waals surface area contributed by atoms with Gasteiger partial charge in [0, 0.05) is 12.2 Å². The van der Waals surface area contributed by atoms with E-state index in [9.17, 15) is 4.79 Å². The van der Waals surface area contributed by atoms with Crippen LogP contribution < -0.4 is 10.6 Å². The highest BCUT2D eigenvalue weighted by atomic mass is 16.1. The van der Waals surface area contributed by atoms with Crippen LogP contribution in [0.4, 0.5) is 5.69 Å². The molecule has 3 heteroatoms. The lowest BCUT2D eigenvalue weighted by molar-refractivity contribution is -0.119. The van der Waals surface area contributed by atoms with Gasteiger partial charge in [-0.05, 0) is 43.0 Å². The molecule has 110 valence electrons. The number of anilines is 1. The lowest BCUT2D eigenvalue weighted by atomic mass is 10.1. The molecule has 0 saturated carbocycles. The summed E-state index contributed by atoms with van der Waals surface area (Å²) < 4.78 is 0. The molecule has 2 rings (SSSR count). The fourth-order valence-corrected chi connectivity index (χ4v) is 2.33. The minimum Gasteiger partial charge on any atom is -0.376 e. The summed E-state index contributed by atoms with van der Waals surface area (Å²) in [7, 11) is 0. The molecule has 0 unspecified atom stereocenters. The molecule has 0 atom stereocenters. The number of para-hydroxylation sites is 1. The zero-order valence-electron chi connectivity index (χ0n) is 12.9. The fraction of sp³-hybridized carbons (Fsp3) is 0.278. The highest BCUT2D eigenvalue weighted by molar-refractivity contribution is 5.81. The van der Waals surface area contributed by atoms with Crippen LogP contribution in [0.5, 0.6) is 0 Å². The molecule has 2 N–H and O–H groups in total. The van der Waals surface area contributed by atoms with Crippen LogP contribution in [0.15, 0.2) is 42.5 Å². The largest absolute Gasteiger partial charge is 0.376 e. The molecule has 0 heterocycles. The van der Waals surface area contributed by atoms with E-state index in [1.807, 2.05) is 50.2 Å². The number of benzene rings is 2. The highest BCUT2D eigenvalue weighted by Gasteiger charge is 2.05. The van der Waals surface area contributed by atoms with E-state index in [1.165, 1.54) is 5.56 Å². The molecule has 21 heavy (non-hydrogen) atoms. The minimum atomic E-state index is 0.000839. The Kier molecular flexibility index (Phi) is 4.99. The first kappa shape index (κ1) is 15.1. The number of carbonyl (C=O) groups excluding carboxylic acids is 1. The predicted molar refractivity (Wildman–Crippen MR) is 87.4 cm³/mol. The number of amides is 1. The Morgan fingerprint density at radius 2 is 1.52 bits per heavy atom. The summed E-state index contributed by atoms with van der Waals surface area (Å²) in [5, 5.41) is 6.17. The standard InChI is InChI=1S/C18H22N2O/c1-13-7-4-5-10-16(13)11-19-17(21)12-20-18-14(2)8-6-9-15(18)3/h4-10,20H,11-12H2,1-3H3,(H,19,21). The Hall–Kier alpha value is -2.29. The smallest absolute Gasteiger partial charge is 0.239 e. The summed E-state index contributed by atoms with van der Waals surface area (Å²) >= 11 is 0. The first-order valence-corrected chi connectivity index (χ1v) is 7.19. The minimum absolute atomic E-state index is 0.000839. The summed E-state index contributed by atoms with van der Waals surface area (Å²) in [6.07, 6.45) is 0. The maximum Gasteiger partial charge on any atom is 0.239 e. The van der Waals surface area contributed by atoms with Crippen molar-refractivity contribution < 1.29 is 4.79 Å². The SMILES string of the molecule is Cc1ccccc1CNC(=O)CNc1c(C)cccc1C. The van der Waals surface area contributed by atoms with Gasteiger partial charge >= 0.3 is 0 Å². The van der Waals surface area contributed by atoms with Crippen molar-refractivity contribution in [2.75, 3.05) is 11.9 Å². The normalized spacial score (nSPS) is 10.2. The summed E-state index contributed by atoms with van der Waals surface area (Å²) in [6.45, 7) is 7.00. The van der Waals surface area contributed by atoms with Crippen LogP contribution in [0.25, 0.3) is 0 Å². The molecule has 0 bridgehead atoms. The van der Waals surface area contributed by atoms with E-state index in [-0.39, 0.29) is 12.5 Å². The van der Waals surface area contributed by atoms with Crippen LogP contribution in [0.1, 0.15) is 22.3 Å². The summed E-state index contributed by atoms with van der Waals surface area (Å²) in [5.41, 5.74) is 5.70. The first-order valence-electron chi connectivity index (χ1n) is 7.19. The zero-order chi connectivity index (χ0) is 15.2. The number of carbonyl (C=O) groups is 1. The van der Waals surface area contributed by atoms with E-state index in [1.54, 1.807) is 0 Å². The van der Waals surface area contributed by atoms with E-state index in [2.05, 4.69) is 23.6 Å². The molecule has 0 fully saturated rings. The Morgan fingerprint density at radius 3 is 2.19 bits per heavy atom. The monoisotopic (exact) mass is 282 g/mol. The van der Waals surface area contributed by atoms with Crippen molar-refractivity contribution in [3.63, 3.8) is 0 Å². The van der Waals surface area contributed by atoms with Gasteiger partial charge in [-0.2, -0.15) is 0 Å². The Labute approximate surface area is 126 Å². The van der Waals surface area contributed by atoms with Gasteiger partial charge in [0.15, 0.2) is 0 Å². The predicted octanol–water partition coefficient (Wildman–Crippen LogP) is 3.34. The summed E-state index contributed by atoms with van der Waals surface area (Å²) in [4.78, 5) is 11.9. The van der Waals surface area contributed by atoms with Crippen LogP contribution in [0.2, 0.25) is 0 Å². The third kappa shape index (κ3) is 4.09. The molecule has 0 aliphatic rings. The van der Waals surface area contributed by atoms with Gasteiger partial charge in [-0.15, -0.1) is 0 Å². The zero-order valence-corrected chi connectivity index (χ0v) is 12.9. The molecule has 3 nitrogen and oxygen atoms in total. The van der Waals surface area contributed by atoms with E-state index >= 15 is 0 Å². The molecule has 0 spiro atoms. The quantitative estimate of drug-likeness (QED) is 0.883. The van der Waals surface area contributed by atoms with E-state index in [4.69, 9.17) is 0 Å². The molecule has 0 aliphatic carbocycles. The van der Waals surface area contributed by atoms with Crippen molar-refractivity contribution in [3.05, 3.63) is 64.7 Å². The van der Waals surface area contributed by atoms with Crippen LogP contribution in [-0.4, -0.2) is 12.5 Å². The first-order chi connectivity index (χ1) is 10.1. The van der Waals surface area contributed by atoms with Crippen LogP contribution in [0.3, 0.4) is 0 Å². The second-order valence-electron chi connectivity index (χ2n) is 5.32. The van der Waals surface area contributed by atoms with Gasteiger partial charge in [0.05, 0.1) is 6.54 Å². The fourth-order valence-electron chi connectivity index (χ4n) is 2.33. The Balaban J connectivity index is 1.87. The van der Waals surface area contributed by atoms with Crippen LogP contribution in [-0.2, 0) is 11.3 Å². The lowest BCUT2D eigenvalue weighted by Gasteiger charge is -2.13. The summed E-state index contributed by atoms with van der Waals surface area (Å²) in [5.74, 6) is 0.000839. The maximum absolute atomic E-state index is 11.9. The van der Waals surface area contributed by atoms with Gasteiger partial charge in [0.25, 0.3) is 0 Å². The number of nitrogens with one attached hydrogen (secondary N) is 2. The van der Waals surface area contributed by atoms with Gasteiger partial charge in [0.2, 0.25) is 5.91 Å². The highest BCUT2D eigenvalue weighted by Crippen LogP contribution is 2.18. The van der Waals surface area contributed by atoms with Crippen molar-refractivity contribution in [1.82, 2.24) is 5.32 Å². The molecular formula is C18H22N2O. The van der Waals surface area contributed by atoms with Crippen molar-refractivity contribution in [2.24, 2.45) is 0 Å². The third-order valence-corrected chi connectivity index (χ3v) is 3.64. The molecule has 0 saturated heterocycles. The van der Waals surface area contributed by atoms with Gasteiger partial charge in [-0.25, -0.2) is 0 Å². The molecule has 0 radical (unpaired) electrons. The molecule has 0 aromatic heterocycles. The maximum atomic E-state index is 11.9. The van der Waals surface area contributed by atoms with Gasteiger partial charge in [-0.1, -0.05) is 42.5 Å². The van der Waals surface area contributed by atoms with Crippen LogP contribution >= 0.6 is 0 Å². The second kappa shape index (κ2) is 6.93. The van der Waals surface area contributed by atoms with E-state index in [0.717, 1.165) is 22.4 Å². The van der Waals surface area contributed by atoms with Crippen LogP contribution in [0, 0.1) is 20.8 Å². The molecule has 2 aromatic carbocycles. The summed E-state index contributed by atoms with van der Waals surface area (Å²) in [6, 6.07) is 14.2. The Bertz CT molecular complexity index is 615.